The highest BCUT2D eigenvalue weighted by Crippen LogP contribution is 2.22. The zero-order chi connectivity index (χ0) is 18.7. The lowest BCUT2D eigenvalue weighted by molar-refractivity contribution is -0.126. The van der Waals surface area contributed by atoms with Crippen LogP contribution in [0.4, 0.5) is 0 Å². The van der Waals surface area contributed by atoms with Gasteiger partial charge in [0.15, 0.2) is 0 Å². The molecule has 2 aromatic rings. The van der Waals surface area contributed by atoms with Crippen LogP contribution in [0.25, 0.3) is 0 Å². The van der Waals surface area contributed by atoms with Crippen molar-refractivity contribution in [1.29, 1.82) is 0 Å². The quantitative estimate of drug-likeness (QED) is 0.776. The van der Waals surface area contributed by atoms with Crippen molar-refractivity contribution in [1.82, 2.24) is 10.2 Å². The van der Waals surface area contributed by atoms with Crippen LogP contribution in [0.15, 0.2) is 33.9 Å². The number of carbonyl (C=O) groups is 2. The van der Waals surface area contributed by atoms with E-state index in [0.29, 0.717) is 22.8 Å². The van der Waals surface area contributed by atoms with Gasteiger partial charge < -0.3 is 10.2 Å². The fraction of sp³-hybridized carbons (Fsp3) is 0.375. The van der Waals surface area contributed by atoms with Gasteiger partial charge in [-0.05, 0) is 36.4 Å². The Morgan fingerprint density at radius 3 is 2.77 bits per heavy atom. The SMILES string of the molecule is NS(=O)(=O)c1ccc(CNC(=O)[C@H]2CCCN(C(=O)c3cccs3)C2)s1. The molecule has 1 atom stereocenters. The molecule has 0 aliphatic carbocycles. The van der Waals surface area contributed by atoms with Gasteiger partial charge in [-0.3, -0.25) is 9.59 Å². The Labute approximate surface area is 159 Å². The van der Waals surface area contributed by atoms with Crippen molar-refractivity contribution in [2.45, 2.75) is 23.6 Å². The van der Waals surface area contributed by atoms with Gasteiger partial charge in [0, 0.05) is 18.0 Å². The largest absolute Gasteiger partial charge is 0.351 e. The number of nitrogens with one attached hydrogen (secondary N) is 1. The van der Waals surface area contributed by atoms with E-state index in [9.17, 15) is 18.0 Å². The third-order valence-corrected chi connectivity index (χ3v) is 7.55. The first-order valence-corrected chi connectivity index (χ1v) is 11.3. The van der Waals surface area contributed by atoms with Crippen LogP contribution >= 0.6 is 22.7 Å². The molecule has 3 rings (SSSR count). The van der Waals surface area contributed by atoms with Crippen molar-refractivity contribution >= 4 is 44.5 Å². The van der Waals surface area contributed by atoms with Crippen molar-refractivity contribution in [3.63, 3.8) is 0 Å². The summed E-state index contributed by atoms with van der Waals surface area (Å²) < 4.78 is 22.7. The molecule has 0 saturated carbocycles. The van der Waals surface area contributed by atoms with Crippen LogP contribution in [0.5, 0.6) is 0 Å². The second-order valence-corrected chi connectivity index (χ2v) is 9.96. The highest BCUT2D eigenvalue weighted by molar-refractivity contribution is 7.91. The minimum atomic E-state index is -3.72. The minimum absolute atomic E-state index is 0.0337. The maximum Gasteiger partial charge on any atom is 0.263 e. The molecule has 0 radical (unpaired) electrons. The maximum atomic E-state index is 12.4. The molecule has 3 heterocycles. The molecule has 7 nitrogen and oxygen atoms in total. The second kappa shape index (κ2) is 7.87. The van der Waals surface area contributed by atoms with E-state index in [1.54, 1.807) is 17.0 Å². The molecule has 0 spiro atoms. The summed E-state index contributed by atoms with van der Waals surface area (Å²) >= 11 is 2.44. The molecule has 0 unspecified atom stereocenters. The molecule has 0 aromatic carbocycles. The first-order valence-electron chi connectivity index (χ1n) is 8.06. The third kappa shape index (κ3) is 4.50. The molecule has 3 N–H and O–H groups in total. The van der Waals surface area contributed by atoms with Gasteiger partial charge in [-0.1, -0.05) is 6.07 Å². The molecule has 1 aliphatic rings. The van der Waals surface area contributed by atoms with E-state index in [1.807, 2.05) is 11.4 Å². The molecule has 10 heteroatoms. The Balaban J connectivity index is 1.56. The second-order valence-electron chi connectivity index (χ2n) is 6.05. The Morgan fingerprint density at radius 1 is 1.31 bits per heavy atom. The predicted octanol–water partition coefficient (Wildman–Crippen LogP) is 1.63. The monoisotopic (exact) mass is 413 g/mol. The first-order chi connectivity index (χ1) is 12.3. The molecule has 2 aromatic heterocycles. The van der Waals surface area contributed by atoms with Gasteiger partial charge in [-0.2, -0.15) is 0 Å². The number of nitrogens with zero attached hydrogens (tertiary/aromatic N) is 1. The van der Waals surface area contributed by atoms with Crippen LogP contribution in [0.3, 0.4) is 0 Å². The van der Waals surface area contributed by atoms with Gasteiger partial charge in [-0.25, -0.2) is 13.6 Å². The first kappa shape index (κ1) is 19.0. The van der Waals surface area contributed by atoms with Crippen LogP contribution in [0.2, 0.25) is 0 Å². The lowest BCUT2D eigenvalue weighted by atomic mass is 9.97. The zero-order valence-corrected chi connectivity index (χ0v) is 16.3. The van der Waals surface area contributed by atoms with Crippen molar-refractivity contribution < 1.29 is 18.0 Å². The number of primary sulfonamides is 1. The lowest BCUT2D eigenvalue weighted by Crippen LogP contribution is -2.45. The van der Waals surface area contributed by atoms with E-state index in [-0.39, 0.29) is 28.5 Å². The molecule has 140 valence electrons. The van der Waals surface area contributed by atoms with E-state index < -0.39 is 10.0 Å². The Kier molecular flexibility index (Phi) is 5.76. The summed E-state index contributed by atoms with van der Waals surface area (Å²) in [5, 5.41) is 9.77. The topological polar surface area (TPSA) is 110 Å². The zero-order valence-electron chi connectivity index (χ0n) is 13.9. The van der Waals surface area contributed by atoms with Crippen LogP contribution in [0, 0.1) is 5.92 Å². The lowest BCUT2D eigenvalue weighted by Gasteiger charge is -2.31. The van der Waals surface area contributed by atoms with Crippen LogP contribution < -0.4 is 10.5 Å². The predicted molar refractivity (Wildman–Crippen MR) is 100 cm³/mol. The summed E-state index contributed by atoms with van der Waals surface area (Å²) in [7, 11) is -3.72. The number of rotatable bonds is 5. The van der Waals surface area contributed by atoms with E-state index in [2.05, 4.69) is 5.32 Å². The number of thiophene rings is 2. The van der Waals surface area contributed by atoms with Gasteiger partial charge in [0.1, 0.15) is 4.21 Å². The molecular weight excluding hydrogens is 394 g/mol. The standard InChI is InChI=1S/C16H19N3O4S3/c17-26(22,23)14-6-5-12(25-14)9-18-15(20)11-3-1-7-19(10-11)16(21)13-4-2-8-24-13/h2,4-6,8,11H,1,3,7,9-10H2,(H,18,20)(H2,17,22,23)/t11-/m0/s1. The summed E-state index contributed by atoms with van der Waals surface area (Å²) in [6.07, 6.45) is 1.51. The maximum absolute atomic E-state index is 12.4. The summed E-state index contributed by atoms with van der Waals surface area (Å²) in [5.74, 6) is -0.418. The Morgan fingerprint density at radius 2 is 2.12 bits per heavy atom. The van der Waals surface area contributed by atoms with E-state index in [0.717, 1.165) is 24.2 Å². The van der Waals surface area contributed by atoms with Gasteiger partial charge in [-0.15, -0.1) is 22.7 Å². The fourth-order valence-corrected chi connectivity index (χ4v) is 5.27. The minimum Gasteiger partial charge on any atom is -0.351 e. The number of nitrogens with two attached hydrogens (primary N) is 1. The molecule has 2 amide bonds. The summed E-state index contributed by atoms with van der Waals surface area (Å²) in [6.45, 7) is 1.30. The number of piperidine rings is 1. The van der Waals surface area contributed by atoms with Crippen molar-refractivity contribution in [3.05, 3.63) is 39.4 Å². The number of hydrogen-bond donors (Lipinski definition) is 2. The van der Waals surface area contributed by atoms with Crippen LogP contribution in [-0.4, -0.2) is 38.2 Å². The third-order valence-electron chi connectivity index (χ3n) is 4.17. The highest BCUT2D eigenvalue weighted by atomic mass is 32.2. The van der Waals surface area contributed by atoms with E-state index in [4.69, 9.17) is 5.14 Å². The molecule has 1 fully saturated rings. The fourth-order valence-electron chi connectivity index (χ4n) is 2.86. The van der Waals surface area contributed by atoms with Crippen molar-refractivity contribution in [3.8, 4) is 0 Å². The smallest absolute Gasteiger partial charge is 0.263 e. The van der Waals surface area contributed by atoms with Crippen LogP contribution in [-0.2, 0) is 21.4 Å². The molecule has 1 saturated heterocycles. The van der Waals surface area contributed by atoms with E-state index >= 15 is 0 Å². The summed E-state index contributed by atoms with van der Waals surface area (Å²) in [6, 6.07) is 6.70. The van der Waals surface area contributed by atoms with Gasteiger partial charge in [0.25, 0.3) is 5.91 Å². The average Bonchev–Trinajstić information content (AvgIpc) is 3.30. The average molecular weight is 414 g/mol. The Bertz CT molecular complexity index is 890. The highest BCUT2D eigenvalue weighted by Gasteiger charge is 2.29. The molecule has 26 heavy (non-hydrogen) atoms. The summed E-state index contributed by atoms with van der Waals surface area (Å²) in [5.41, 5.74) is 0. The van der Waals surface area contributed by atoms with Crippen molar-refractivity contribution in [2.24, 2.45) is 11.1 Å². The summed E-state index contributed by atoms with van der Waals surface area (Å²) in [4.78, 5) is 28.0. The van der Waals surface area contributed by atoms with Gasteiger partial charge in [0.2, 0.25) is 15.9 Å². The molecular formula is C16H19N3O4S3. The molecule has 1 aliphatic heterocycles. The van der Waals surface area contributed by atoms with Crippen LogP contribution in [0.1, 0.15) is 27.4 Å². The van der Waals surface area contributed by atoms with Gasteiger partial charge in [0.05, 0.1) is 17.3 Å². The van der Waals surface area contributed by atoms with Gasteiger partial charge >= 0.3 is 0 Å². The number of amides is 2. The number of sulfonamides is 1. The van der Waals surface area contributed by atoms with E-state index in [1.165, 1.54) is 17.4 Å². The Hall–Kier alpha value is -1.75. The number of likely N-dealkylation sites (tertiary alicyclic amines) is 1. The number of hydrogen-bond acceptors (Lipinski definition) is 6. The normalized spacial score (nSPS) is 17.9. The molecule has 0 bridgehead atoms. The van der Waals surface area contributed by atoms with Crippen molar-refractivity contribution in [2.75, 3.05) is 13.1 Å². The number of carbonyl (C=O) groups excluding carboxylic acids is 2.